The molecule has 0 atom stereocenters. The molecule has 13 heavy (non-hydrogen) atoms. The van der Waals surface area contributed by atoms with Gasteiger partial charge in [0.15, 0.2) is 5.78 Å². The smallest absolute Gasteiger partial charge is 0.173 e. The molecule has 0 unspecified atom stereocenters. The van der Waals surface area contributed by atoms with Gasteiger partial charge < -0.3 is 5.11 Å². The van der Waals surface area contributed by atoms with Crippen LogP contribution in [0.4, 0.5) is 0 Å². The Morgan fingerprint density at radius 2 is 2.08 bits per heavy atom. The molecule has 0 radical (unpaired) electrons. The van der Waals surface area contributed by atoms with E-state index in [1.165, 1.54) is 18.3 Å². The first-order valence-corrected chi connectivity index (χ1v) is 4.73. The van der Waals surface area contributed by atoms with Crippen LogP contribution in [0.1, 0.15) is 16.6 Å². The lowest BCUT2D eigenvalue weighted by Crippen LogP contribution is -1.85. The van der Waals surface area contributed by atoms with Crippen molar-refractivity contribution in [2.45, 2.75) is 6.92 Å². The van der Waals surface area contributed by atoms with E-state index in [1.807, 2.05) is 24.3 Å². The third-order valence-electron chi connectivity index (χ3n) is 1.89. The van der Waals surface area contributed by atoms with Crippen molar-refractivity contribution in [3.63, 3.8) is 0 Å². The summed E-state index contributed by atoms with van der Waals surface area (Å²) in [6.07, 6.45) is 0. The van der Waals surface area contributed by atoms with Crippen molar-refractivity contribution in [2.75, 3.05) is 0 Å². The first-order valence-electron chi connectivity index (χ1n) is 3.91. The number of carbonyl (C=O) groups excluding carboxylic acids is 1. The summed E-state index contributed by atoms with van der Waals surface area (Å²) >= 11 is 1.33. The maximum absolute atomic E-state index is 11.1. The van der Waals surface area contributed by atoms with Crippen molar-refractivity contribution in [2.24, 2.45) is 0 Å². The standard InChI is InChI=1S/C10H8O2S/c1-6(11)10-9(12)7-4-2-3-5-8(7)13-10/h2-5,12H,1H3. The van der Waals surface area contributed by atoms with Crippen molar-refractivity contribution in [3.05, 3.63) is 29.1 Å². The number of thiophene rings is 1. The summed E-state index contributed by atoms with van der Waals surface area (Å²) in [5.74, 6) is 0.0341. The Morgan fingerprint density at radius 3 is 2.69 bits per heavy atom. The van der Waals surface area contributed by atoms with Crippen molar-refractivity contribution in [1.82, 2.24) is 0 Å². The SMILES string of the molecule is CC(=O)c1sc2ccccc2c1O. The number of Topliss-reactive ketones (excluding diaryl/α,β-unsaturated/α-hetero) is 1. The van der Waals surface area contributed by atoms with E-state index < -0.39 is 0 Å². The lowest BCUT2D eigenvalue weighted by molar-refractivity contribution is 0.101. The minimum absolute atomic E-state index is 0.0845. The van der Waals surface area contributed by atoms with E-state index in [0.29, 0.717) is 4.88 Å². The van der Waals surface area contributed by atoms with Crippen molar-refractivity contribution in [3.8, 4) is 5.75 Å². The molecule has 3 heteroatoms. The van der Waals surface area contributed by atoms with E-state index in [2.05, 4.69) is 0 Å². The Morgan fingerprint density at radius 1 is 1.38 bits per heavy atom. The van der Waals surface area contributed by atoms with Crippen molar-refractivity contribution in [1.29, 1.82) is 0 Å². The van der Waals surface area contributed by atoms with Gasteiger partial charge in [-0.1, -0.05) is 12.1 Å². The Labute approximate surface area is 79.4 Å². The van der Waals surface area contributed by atoms with Crippen LogP contribution in [0.3, 0.4) is 0 Å². The molecule has 0 aliphatic carbocycles. The van der Waals surface area contributed by atoms with Crippen LogP contribution in [0, 0.1) is 0 Å². The molecule has 0 spiro atoms. The molecule has 1 aromatic heterocycles. The first kappa shape index (κ1) is 8.26. The largest absolute Gasteiger partial charge is 0.506 e. The van der Waals surface area contributed by atoms with Gasteiger partial charge in [-0.3, -0.25) is 4.79 Å². The highest BCUT2D eigenvalue weighted by Crippen LogP contribution is 2.36. The number of rotatable bonds is 1. The molecule has 0 aliphatic heterocycles. The van der Waals surface area contributed by atoms with Crippen LogP contribution in [0.5, 0.6) is 5.75 Å². The highest BCUT2D eigenvalue weighted by Gasteiger charge is 2.13. The van der Waals surface area contributed by atoms with Crippen LogP contribution in [-0.4, -0.2) is 10.9 Å². The summed E-state index contributed by atoms with van der Waals surface area (Å²) in [6, 6.07) is 7.45. The molecular formula is C10H8O2S. The second-order valence-electron chi connectivity index (χ2n) is 2.83. The Kier molecular flexibility index (Phi) is 1.81. The number of carbonyl (C=O) groups is 1. The van der Waals surface area contributed by atoms with E-state index in [1.54, 1.807) is 0 Å². The molecule has 2 rings (SSSR count). The lowest BCUT2D eigenvalue weighted by Gasteiger charge is -1.89. The molecule has 2 aromatic rings. The number of fused-ring (bicyclic) bond motifs is 1. The fourth-order valence-electron chi connectivity index (χ4n) is 1.27. The first-order chi connectivity index (χ1) is 6.20. The van der Waals surface area contributed by atoms with Gasteiger partial charge in [-0.15, -0.1) is 11.3 Å². The van der Waals surface area contributed by atoms with E-state index in [-0.39, 0.29) is 11.5 Å². The van der Waals surface area contributed by atoms with E-state index in [0.717, 1.165) is 10.1 Å². The number of benzene rings is 1. The average molecular weight is 192 g/mol. The second kappa shape index (κ2) is 2.85. The van der Waals surface area contributed by atoms with E-state index >= 15 is 0 Å². The van der Waals surface area contributed by atoms with Gasteiger partial charge in [0, 0.05) is 17.0 Å². The highest BCUT2D eigenvalue weighted by molar-refractivity contribution is 7.21. The summed E-state index contributed by atoms with van der Waals surface area (Å²) in [7, 11) is 0. The number of ketones is 1. The van der Waals surface area contributed by atoms with Gasteiger partial charge in [0.25, 0.3) is 0 Å². The van der Waals surface area contributed by atoms with Crippen LogP contribution in [0.2, 0.25) is 0 Å². The van der Waals surface area contributed by atoms with Gasteiger partial charge in [-0.05, 0) is 12.1 Å². The van der Waals surface area contributed by atoms with Crippen LogP contribution in [0.25, 0.3) is 10.1 Å². The maximum Gasteiger partial charge on any atom is 0.173 e. The minimum Gasteiger partial charge on any atom is -0.506 e. The van der Waals surface area contributed by atoms with Gasteiger partial charge in [0.05, 0.1) is 0 Å². The number of aromatic hydroxyl groups is 1. The van der Waals surface area contributed by atoms with Crippen molar-refractivity contribution >= 4 is 27.2 Å². The molecule has 1 heterocycles. The normalized spacial score (nSPS) is 10.5. The average Bonchev–Trinajstić information content (AvgIpc) is 2.45. The highest BCUT2D eigenvalue weighted by atomic mass is 32.1. The quantitative estimate of drug-likeness (QED) is 0.705. The summed E-state index contributed by atoms with van der Waals surface area (Å²) in [5.41, 5.74) is 0. The topological polar surface area (TPSA) is 37.3 Å². The molecule has 0 bridgehead atoms. The molecule has 0 saturated heterocycles. The Bertz CT molecular complexity index is 471. The fourth-order valence-corrected chi connectivity index (χ4v) is 2.26. The number of hydrogen-bond donors (Lipinski definition) is 1. The molecule has 1 aromatic carbocycles. The molecular weight excluding hydrogens is 184 g/mol. The molecule has 0 saturated carbocycles. The molecule has 0 aliphatic rings. The van der Waals surface area contributed by atoms with Gasteiger partial charge in [0.1, 0.15) is 10.6 Å². The van der Waals surface area contributed by atoms with Gasteiger partial charge >= 0.3 is 0 Å². The summed E-state index contributed by atoms with van der Waals surface area (Å²) in [4.78, 5) is 11.5. The Balaban J connectivity index is 2.81. The Hall–Kier alpha value is -1.35. The lowest BCUT2D eigenvalue weighted by atomic mass is 10.2. The van der Waals surface area contributed by atoms with Crippen LogP contribution in [0.15, 0.2) is 24.3 Å². The zero-order chi connectivity index (χ0) is 9.42. The van der Waals surface area contributed by atoms with Crippen LogP contribution < -0.4 is 0 Å². The summed E-state index contributed by atoms with van der Waals surface area (Å²) < 4.78 is 0.949. The van der Waals surface area contributed by atoms with Crippen LogP contribution >= 0.6 is 11.3 Å². The maximum atomic E-state index is 11.1. The van der Waals surface area contributed by atoms with Crippen molar-refractivity contribution < 1.29 is 9.90 Å². The monoisotopic (exact) mass is 192 g/mol. The molecule has 0 fully saturated rings. The zero-order valence-corrected chi connectivity index (χ0v) is 7.89. The molecule has 2 nitrogen and oxygen atoms in total. The van der Waals surface area contributed by atoms with E-state index in [9.17, 15) is 9.90 Å². The third-order valence-corrected chi connectivity index (χ3v) is 3.15. The van der Waals surface area contributed by atoms with E-state index in [4.69, 9.17) is 0 Å². The van der Waals surface area contributed by atoms with Gasteiger partial charge in [0.2, 0.25) is 0 Å². The second-order valence-corrected chi connectivity index (χ2v) is 3.88. The fraction of sp³-hybridized carbons (Fsp3) is 0.100. The molecule has 0 amide bonds. The minimum atomic E-state index is -0.0845. The molecule has 1 N–H and O–H groups in total. The summed E-state index contributed by atoms with van der Waals surface area (Å²) in [5, 5.41) is 10.4. The predicted octanol–water partition coefficient (Wildman–Crippen LogP) is 2.81. The zero-order valence-electron chi connectivity index (χ0n) is 7.07. The number of hydrogen-bond acceptors (Lipinski definition) is 3. The van der Waals surface area contributed by atoms with Crippen LogP contribution in [-0.2, 0) is 0 Å². The van der Waals surface area contributed by atoms with Gasteiger partial charge in [-0.2, -0.15) is 0 Å². The van der Waals surface area contributed by atoms with Gasteiger partial charge in [-0.25, -0.2) is 0 Å². The predicted molar refractivity (Wildman–Crippen MR) is 53.5 cm³/mol. The molecule has 66 valence electrons. The summed E-state index contributed by atoms with van der Waals surface area (Å²) in [6.45, 7) is 1.46. The third kappa shape index (κ3) is 1.21.